The highest BCUT2D eigenvalue weighted by molar-refractivity contribution is 7.11. The molecule has 0 aliphatic rings. The molecule has 1 heterocycles. The van der Waals surface area contributed by atoms with E-state index >= 15 is 0 Å². The minimum absolute atomic E-state index is 0.240. The fourth-order valence-corrected chi connectivity index (χ4v) is 2.40. The van der Waals surface area contributed by atoms with Crippen LogP contribution in [0.2, 0.25) is 0 Å². The lowest BCUT2D eigenvalue weighted by Gasteiger charge is -2.17. The van der Waals surface area contributed by atoms with Crippen molar-refractivity contribution in [2.45, 2.75) is 46.1 Å². The molecule has 3 heteroatoms. The van der Waals surface area contributed by atoms with E-state index in [9.17, 15) is 0 Å². The van der Waals surface area contributed by atoms with Crippen LogP contribution in [0.15, 0.2) is 0 Å². The molecule has 0 unspecified atom stereocenters. The molecule has 1 aromatic rings. The molecule has 0 spiro atoms. The van der Waals surface area contributed by atoms with E-state index in [2.05, 4.69) is 18.8 Å². The number of aryl methyl sites for hydroxylation is 2. The topological polar surface area (TPSA) is 38.9 Å². The quantitative estimate of drug-likeness (QED) is 0.810. The summed E-state index contributed by atoms with van der Waals surface area (Å²) in [6.45, 7) is 8.34. The Hall–Kier alpha value is -0.410. The number of thiazole rings is 1. The Labute approximate surface area is 84.2 Å². The van der Waals surface area contributed by atoms with Crippen molar-refractivity contribution < 1.29 is 0 Å². The van der Waals surface area contributed by atoms with Crippen LogP contribution < -0.4 is 5.73 Å². The first-order valence-corrected chi connectivity index (χ1v) is 5.58. The highest BCUT2D eigenvalue weighted by atomic mass is 32.1. The van der Waals surface area contributed by atoms with Gasteiger partial charge in [-0.15, -0.1) is 11.3 Å². The molecule has 0 saturated heterocycles. The summed E-state index contributed by atoms with van der Waals surface area (Å²) in [5.41, 5.74) is 7.01. The normalized spacial score (nSPS) is 12.1. The molecule has 0 fully saturated rings. The van der Waals surface area contributed by atoms with Crippen LogP contribution >= 0.6 is 11.3 Å². The number of hydrogen-bond donors (Lipinski definition) is 1. The Morgan fingerprint density at radius 2 is 1.92 bits per heavy atom. The third kappa shape index (κ3) is 2.29. The second kappa shape index (κ2) is 3.76. The molecule has 0 radical (unpaired) electrons. The SMILES string of the molecule is CCc1nc(CC)c(C(C)(C)N)s1. The molecular weight excluding hydrogens is 180 g/mol. The van der Waals surface area contributed by atoms with Gasteiger partial charge in [0.1, 0.15) is 0 Å². The van der Waals surface area contributed by atoms with Gasteiger partial charge in [-0.05, 0) is 26.7 Å². The first-order chi connectivity index (χ1) is 5.99. The van der Waals surface area contributed by atoms with Crippen molar-refractivity contribution in [3.8, 4) is 0 Å². The van der Waals surface area contributed by atoms with Crippen molar-refractivity contribution in [2.24, 2.45) is 5.73 Å². The first kappa shape index (κ1) is 10.7. The molecule has 0 saturated carbocycles. The minimum atomic E-state index is -0.240. The van der Waals surface area contributed by atoms with E-state index in [0.717, 1.165) is 12.8 Å². The summed E-state index contributed by atoms with van der Waals surface area (Å²) in [6, 6.07) is 0. The molecule has 0 aliphatic carbocycles. The van der Waals surface area contributed by atoms with Crippen molar-refractivity contribution in [3.05, 3.63) is 15.6 Å². The number of hydrogen-bond acceptors (Lipinski definition) is 3. The van der Waals surface area contributed by atoms with Gasteiger partial charge in [0.25, 0.3) is 0 Å². The lowest BCUT2D eigenvalue weighted by molar-refractivity contribution is 0.559. The second-order valence-electron chi connectivity index (χ2n) is 3.81. The molecule has 74 valence electrons. The van der Waals surface area contributed by atoms with Gasteiger partial charge in [0.15, 0.2) is 0 Å². The Morgan fingerprint density at radius 3 is 2.23 bits per heavy atom. The summed E-state index contributed by atoms with van der Waals surface area (Å²) < 4.78 is 0. The van der Waals surface area contributed by atoms with Crippen molar-refractivity contribution in [1.82, 2.24) is 4.98 Å². The van der Waals surface area contributed by atoms with Gasteiger partial charge >= 0.3 is 0 Å². The van der Waals surface area contributed by atoms with Crippen LogP contribution in [0.25, 0.3) is 0 Å². The molecule has 1 aromatic heterocycles. The first-order valence-electron chi connectivity index (χ1n) is 4.77. The monoisotopic (exact) mass is 198 g/mol. The summed E-state index contributed by atoms with van der Waals surface area (Å²) in [4.78, 5) is 5.79. The standard InChI is InChI=1S/C10H18N2S/c1-5-7-9(10(3,4)11)13-8(6-2)12-7/h5-6,11H2,1-4H3. The summed E-state index contributed by atoms with van der Waals surface area (Å²) >= 11 is 1.75. The van der Waals surface area contributed by atoms with Crippen LogP contribution in [0.1, 0.15) is 43.3 Å². The fraction of sp³-hybridized carbons (Fsp3) is 0.700. The van der Waals surface area contributed by atoms with Crippen LogP contribution in [0, 0.1) is 0 Å². The van der Waals surface area contributed by atoms with E-state index < -0.39 is 0 Å². The van der Waals surface area contributed by atoms with Crippen LogP contribution in [-0.2, 0) is 18.4 Å². The number of rotatable bonds is 3. The molecule has 0 atom stereocenters. The van der Waals surface area contributed by atoms with Crippen LogP contribution in [-0.4, -0.2) is 4.98 Å². The molecule has 0 aliphatic heterocycles. The fourth-order valence-electron chi connectivity index (χ4n) is 1.30. The largest absolute Gasteiger partial charge is 0.321 e. The predicted molar refractivity (Wildman–Crippen MR) is 58.1 cm³/mol. The summed E-state index contributed by atoms with van der Waals surface area (Å²) in [7, 11) is 0. The molecular formula is C10H18N2S. The smallest absolute Gasteiger partial charge is 0.0929 e. The van der Waals surface area contributed by atoms with Gasteiger partial charge in [0, 0.05) is 10.4 Å². The molecule has 13 heavy (non-hydrogen) atoms. The number of nitrogens with two attached hydrogens (primary N) is 1. The predicted octanol–water partition coefficient (Wildman–Crippen LogP) is 2.46. The van der Waals surface area contributed by atoms with E-state index in [1.165, 1.54) is 15.6 Å². The Kier molecular flexibility index (Phi) is 3.09. The van der Waals surface area contributed by atoms with Gasteiger partial charge in [-0.2, -0.15) is 0 Å². The number of aromatic nitrogens is 1. The zero-order valence-corrected chi connectivity index (χ0v) is 9.66. The zero-order valence-electron chi connectivity index (χ0n) is 8.85. The maximum absolute atomic E-state index is 6.07. The van der Waals surface area contributed by atoms with E-state index in [1.807, 2.05) is 13.8 Å². The van der Waals surface area contributed by atoms with Gasteiger partial charge in [0.2, 0.25) is 0 Å². The van der Waals surface area contributed by atoms with Crippen molar-refractivity contribution >= 4 is 11.3 Å². The highest BCUT2D eigenvalue weighted by Gasteiger charge is 2.21. The van der Waals surface area contributed by atoms with Gasteiger partial charge in [0.05, 0.1) is 10.7 Å². The Morgan fingerprint density at radius 1 is 1.31 bits per heavy atom. The van der Waals surface area contributed by atoms with Gasteiger partial charge in [-0.1, -0.05) is 13.8 Å². The Balaban J connectivity index is 3.11. The highest BCUT2D eigenvalue weighted by Crippen LogP contribution is 2.28. The van der Waals surface area contributed by atoms with E-state index in [0.29, 0.717) is 0 Å². The maximum atomic E-state index is 6.07. The lowest BCUT2D eigenvalue weighted by atomic mass is 10.0. The van der Waals surface area contributed by atoms with Crippen molar-refractivity contribution in [1.29, 1.82) is 0 Å². The minimum Gasteiger partial charge on any atom is -0.321 e. The van der Waals surface area contributed by atoms with E-state index in [-0.39, 0.29) is 5.54 Å². The third-order valence-electron chi connectivity index (χ3n) is 1.96. The van der Waals surface area contributed by atoms with Gasteiger partial charge in [-0.25, -0.2) is 4.98 Å². The zero-order chi connectivity index (χ0) is 10.1. The third-order valence-corrected chi connectivity index (χ3v) is 3.55. The molecule has 0 amide bonds. The summed E-state index contributed by atoms with van der Waals surface area (Å²) in [5, 5.41) is 1.20. The second-order valence-corrected chi connectivity index (χ2v) is 4.90. The molecule has 0 aromatic carbocycles. The van der Waals surface area contributed by atoms with Crippen LogP contribution in [0.4, 0.5) is 0 Å². The molecule has 2 nitrogen and oxygen atoms in total. The van der Waals surface area contributed by atoms with Crippen LogP contribution in [0.5, 0.6) is 0 Å². The van der Waals surface area contributed by atoms with Crippen molar-refractivity contribution in [2.75, 3.05) is 0 Å². The molecule has 0 bridgehead atoms. The van der Waals surface area contributed by atoms with E-state index in [4.69, 9.17) is 5.73 Å². The van der Waals surface area contributed by atoms with Gasteiger partial charge < -0.3 is 5.73 Å². The average Bonchev–Trinajstić information content (AvgIpc) is 2.46. The number of nitrogens with zero attached hydrogens (tertiary/aromatic N) is 1. The lowest BCUT2D eigenvalue weighted by Crippen LogP contribution is -2.28. The van der Waals surface area contributed by atoms with Crippen molar-refractivity contribution in [3.63, 3.8) is 0 Å². The summed E-state index contributed by atoms with van der Waals surface area (Å²) in [5.74, 6) is 0. The van der Waals surface area contributed by atoms with E-state index in [1.54, 1.807) is 11.3 Å². The average molecular weight is 198 g/mol. The maximum Gasteiger partial charge on any atom is 0.0929 e. The summed E-state index contributed by atoms with van der Waals surface area (Å²) in [6.07, 6.45) is 1.99. The van der Waals surface area contributed by atoms with Gasteiger partial charge in [-0.3, -0.25) is 0 Å². The molecule has 2 N–H and O–H groups in total. The van der Waals surface area contributed by atoms with Crippen LogP contribution in [0.3, 0.4) is 0 Å². The molecule has 1 rings (SSSR count). The Bertz CT molecular complexity index is 284.